The standard InChI is InChI=1S/C10H20N2O2.ClH/c1-14-7-5-10(13)12-6-3-2-4-9(12)8-11;/h9H,2-8,11H2,1H3;1H. The van der Waals surface area contributed by atoms with E-state index < -0.39 is 0 Å². The zero-order valence-electron chi connectivity index (χ0n) is 9.28. The predicted molar refractivity (Wildman–Crippen MR) is 62.1 cm³/mol. The molecule has 0 saturated carbocycles. The Bertz CT molecular complexity index is 190. The monoisotopic (exact) mass is 236 g/mol. The van der Waals surface area contributed by atoms with E-state index in [0.717, 1.165) is 19.4 Å². The van der Waals surface area contributed by atoms with Crippen LogP contribution in [0.2, 0.25) is 0 Å². The van der Waals surface area contributed by atoms with Gasteiger partial charge in [-0.3, -0.25) is 4.79 Å². The fourth-order valence-electron chi connectivity index (χ4n) is 1.91. The van der Waals surface area contributed by atoms with E-state index >= 15 is 0 Å². The van der Waals surface area contributed by atoms with Crippen molar-refractivity contribution in [2.24, 2.45) is 5.73 Å². The Labute approximate surface area is 97.5 Å². The summed E-state index contributed by atoms with van der Waals surface area (Å²) in [5, 5.41) is 0. The van der Waals surface area contributed by atoms with Crippen molar-refractivity contribution >= 4 is 18.3 Å². The first-order valence-corrected chi connectivity index (χ1v) is 5.28. The van der Waals surface area contributed by atoms with Crippen LogP contribution in [0.15, 0.2) is 0 Å². The Balaban J connectivity index is 0.00000196. The highest BCUT2D eigenvalue weighted by Gasteiger charge is 2.24. The highest BCUT2D eigenvalue weighted by atomic mass is 35.5. The van der Waals surface area contributed by atoms with E-state index in [1.165, 1.54) is 6.42 Å². The smallest absolute Gasteiger partial charge is 0.225 e. The predicted octanol–water partition coefficient (Wildman–Crippen LogP) is 0.784. The molecule has 1 amide bonds. The third-order valence-corrected chi connectivity index (χ3v) is 2.74. The van der Waals surface area contributed by atoms with Crippen molar-refractivity contribution in [2.45, 2.75) is 31.7 Å². The molecule has 4 nitrogen and oxygen atoms in total. The van der Waals surface area contributed by atoms with Crippen molar-refractivity contribution in [2.75, 3.05) is 26.8 Å². The molecule has 0 spiro atoms. The van der Waals surface area contributed by atoms with Gasteiger partial charge >= 0.3 is 0 Å². The molecule has 1 aliphatic heterocycles. The number of ether oxygens (including phenoxy) is 1. The summed E-state index contributed by atoms with van der Waals surface area (Å²) in [5.41, 5.74) is 5.63. The van der Waals surface area contributed by atoms with E-state index in [-0.39, 0.29) is 24.4 Å². The topological polar surface area (TPSA) is 55.6 Å². The summed E-state index contributed by atoms with van der Waals surface area (Å²) in [6.07, 6.45) is 3.83. The average molecular weight is 237 g/mol. The van der Waals surface area contributed by atoms with Crippen LogP contribution in [-0.4, -0.2) is 43.7 Å². The van der Waals surface area contributed by atoms with Gasteiger partial charge in [-0.15, -0.1) is 12.4 Å². The molecule has 1 unspecified atom stereocenters. The number of halogens is 1. The van der Waals surface area contributed by atoms with Gasteiger partial charge in [0.1, 0.15) is 0 Å². The third-order valence-electron chi connectivity index (χ3n) is 2.74. The number of hydrogen-bond donors (Lipinski definition) is 1. The Hall–Kier alpha value is -0.320. The zero-order chi connectivity index (χ0) is 10.4. The number of carbonyl (C=O) groups is 1. The fraction of sp³-hybridized carbons (Fsp3) is 0.900. The summed E-state index contributed by atoms with van der Waals surface area (Å²) in [6, 6.07) is 0.258. The summed E-state index contributed by atoms with van der Waals surface area (Å²) in [7, 11) is 1.61. The van der Waals surface area contributed by atoms with Crippen molar-refractivity contribution < 1.29 is 9.53 Å². The Morgan fingerprint density at radius 3 is 2.87 bits per heavy atom. The molecule has 0 aromatic rings. The molecule has 1 rings (SSSR count). The van der Waals surface area contributed by atoms with Gasteiger partial charge < -0.3 is 15.4 Å². The van der Waals surface area contributed by atoms with Crippen molar-refractivity contribution in [3.05, 3.63) is 0 Å². The first-order valence-electron chi connectivity index (χ1n) is 5.28. The Morgan fingerprint density at radius 2 is 2.27 bits per heavy atom. The first kappa shape index (κ1) is 14.7. The minimum Gasteiger partial charge on any atom is -0.384 e. The number of hydrogen-bond acceptors (Lipinski definition) is 3. The quantitative estimate of drug-likeness (QED) is 0.785. The van der Waals surface area contributed by atoms with Gasteiger partial charge in [0, 0.05) is 26.2 Å². The number of likely N-dealkylation sites (tertiary alicyclic amines) is 1. The fourth-order valence-corrected chi connectivity index (χ4v) is 1.91. The lowest BCUT2D eigenvalue weighted by molar-refractivity contribution is -0.135. The molecule has 0 radical (unpaired) electrons. The third kappa shape index (κ3) is 4.36. The second kappa shape index (κ2) is 7.91. The molecule has 1 heterocycles. The second-order valence-electron chi connectivity index (χ2n) is 3.72. The minimum absolute atomic E-state index is 0. The SMILES string of the molecule is COCCC(=O)N1CCCCC1CN.Cl. The normalized spacial score (nSPS) is 20.9. The Kier molecular flexibility index (Phi) is 7.74. The van der Waals surface area contributed by atoms with E-state index in [4.69, 9.17) is 10.5 Å². The molecule has 15 heavy (non-hydrogen) atoms. The number of nitrogens with two attached hydrogens (primary N) is 1. The van der Waals surface area contributed by atoms with E-state index in [9.17, 15) is 4.79 Å². The van der Waals surface area contributed by atoms with Crippen LogP contribution in [0.25, 0.3) is 0 Å². The zero-order valence-corrected chi connectivity index (χ0v) is 10.1. The first-order chi connectivity index (χ1) is 6.79. The van der Waals surface area contributed by atoms with Gasteiger partial charge in [-0.1, -0.05) is 0 Å². The molecule has 1 atom stereocenters. The van der Waals surface area contributed by atoms with Crippen LogP contribution in [0, 0.1) is 0 Å². The molecule has 0 aromatic heterocycles. The summed E-state index contributed by atoms with van der Waals surface area (Å²) in [6.45, 7) is 1.95. The number of rotatable bonds is 4. The van der Waals surface area contributed by atoms with Gasteiger partial charge in [0.25, 0.3) is 0 Å². The minimum atomic E-state index is 0. The number of methoxy groups -OCH3 is 1. The lowest BCUT2D eigenvalue weighted by atomic mass is 10.0. The van der Waals surface area contributed by atoms with E-state index in [2.05, 4.69) is 0 Å². The summed E-state index contributed by atoms with van der Waals surface area (Å²) < 4.78 is 4.89. The van der Waals surface area contributed by atoms with Crippen molar-refractivity contribution in [1.82, 2.24) is 4.90 Å². The van der Waals surface area contributed by atoms with Gasteiger partial charge in [0.2, 0.25) is 5.91 Å². The molecular formula is C10H21ClN2O2. The maximum atomic E-state index is 11.7. The molecule has 0 aliphatic carbocycles. The molecule has 0 aromatic carbocycles. The summed E-state index contributed by atoms with van der Waals surface area (Å²) >= 11 is 0. The number of amides is 1. The molecule has 90 valence electrons. The maximum absolute atomic E-state index is 11.7. The molecule has 1 saturated heterocycles. The largest absolute Gasteiger partial charge is 0.384 e. The molecular weight excluding hydrogens is 216 g/mol. The van der Waals surface area contributed by atoms with Crippen LogP contribution >= 0.6 is 12.4 Å². The lowest BCUT2D eigenvalue weighted by Crippen LogP contribution is -2.47. The van der Waals surface area contributed by atoms with Crippen LogP contribution in [0.1, 0.15) is 25.7 Å². The highest BCUT2D eigenvalue weighted by Crippen LogP contribution is 2.16. The molecule has 0 bridgehead atoms. The number of nitrogens with zero attached hydrogens (tertiary/aromatic N) is 1. The Morgan fingerprint density at radius 1 is 1.53 bits per heavy atom. The molecule has 1 fully saturated rings. The van der Waals surface area contributed by atoms with E-state index in [1.54, 1.807) is 7.11 Å². The van der Waals surface area contributed by atoms with Gasteiger partial charge in [0.15, 0.2) is 0 Å². The van der Waals surface area contributed by atoms with Crippen LogP contribution in [0.5, 0.6) is 0 Å². The van der Waals surface area contributed by atoms with E-state index in [0.29, 0.717) is 19.6 Å². The second-order valence-corrected chi connectivity index (χ2v) is 3.72. The van der Waals surface area contributed by atoms with Crippen LogP contribution in [-0.2, 0) is 9.53 Å². The van der Waals surface area contributed by atoms with Gasteiger partial charge in [-0.25, -0.2) is 0 Å². The van der Waals surface area contributed by atoms with Gasteiger partial charge in [-0.05, 0) is 19.3 Å². The highest BCUT2D eigenvalue weighted by molar-refractivity contribution is 5.85. The summed E-state index contributed by atoms with van der Waals surface area (Å²) in [4.78, 5) is 13.6. The molecule has 1 aliphatic rings. The van der Waals surface area contributed by atoms with Crippen LogP contribution in [0.4, 0.5) is 0 Å². The number of carbonyl (C=O) groups excluding carboxylic acids is 1. The maximum Gasteiger partial charge on any atom is 0.225 e. The van der Waals surface area contributed by atoms with Crippen molar-refractivity contribution in [3.8, 4) is 0 Å². The van der Waals surface area contributed by atoms with Crippen LogP contribution < -0.4 is 5.73 Å². The van der Waals surface area contributed by atoms with Crippen molar-refractivity contribution in [1.29, 1.82) is 0 Å². The van der Waals surface area contributed by atoms with Gasteiger partial charge in [-0.2, -0.15) is 0 Å². The average Bonchev–Trinajstić information content (AvgIpc) is 2.25. The lowest BCUT2D eigenvalue weighted by Gasteiger charge is -2.35. The van der Waals surface area contributed by atoms with Crippen LogP contribution in [0.3, 0.4) is 0 Å². The van der Waals surface area contributed by atoms with E-state index in [1.807, 2.05) is 4.90 Å². The number of piperidine rings is 1. The molecule has 5 heteroatoms. The summed E-state index contributed by atoms with van der Waals surface area (Å²) in [5.74, 6) is 0.182. The van der Waals surface area contributed by atoms with Gasteiger partial charge in [0.05, 0.1) is 13.0 Å². The molecule has 2 N–H and O–H groups in total. The van der Waals surface area contributed by atoms with Crippen molar-refractivity contribution in [3.63, 3.8) is 0 Å².